The Morgan fingerprint density at radius 1 is 0.852 bits per heavy atom. The van der Waals surface area contributed by atoms with Crippen LogP contribution in [0.15, 0.2) is 41.4 Å². The van der Waals surface area contributed by atoms with E-state index in [1.165, 1.54) is 41.2 Å². The highest BCUT2D eigenvalue weighted by atomic mass is 35.5. The number of nitrogens with zero attached hydrogens (tertiary/aromatic N) is 4. The van der Waals surface area contributed by atoms with Gasteiger partial charge in [0, 0.05) is 6.54 Å². The fourth-order valence-corrected chi connectivity index (χ4v) is 6.57. The predicted molar refractivity (Wildman–Crippen MR) is 218 cm³/mol. The summed E-state index contributed by atoms with van der Waals surface area (Å²) in [5.74, 6) is -1.31. The van der Waals surface area contributed by atoms with Crippen LogP contribution in [0.4, 0.5) is 11.6 Å². The standard InChI is InChI=1S/C39H61ClN10O4/c1-2-3-4-10-23-50(24-11-8-14-29(52)26-51)25-12-22-45-32(37(43)53)20-19-28-18-17-27(30-15-5-6-16-31(28)30)13-7-9-21-46-39(44)49-38(54)33-35(41)48-36(42)34(40)47-33/h5-6,15-18,29,32,45,51-52H,2-4,7-14,19-26H2,1H3,(H2,43,53)(H4,41,42,48)(H3,44,46,49,54)/t29-,32-/m0/s1. The van der Waals surface area contributed by atoms with Crippen molar-refractivity contribution in [1.29, 1.82) is 0 Å². The molecule has 0 radical (unpaired) electrons. The molecule has 0 fully saturated rings. The van der Waals surface area contributed by atoms with Crippen molar-refractivity contribution in [3.63, 3.8) is 0 Å². The summed E-state index contributed by atoms with van der Waals surface area (Å²) in [6.07, 6.45) is 11.3. The van der Waals surface area contributed by atoms with Crippen molar-refractivity contribution in [2.45, 2.75) is 103 Å². The van der Waals surface area contributed by atoms with Crippen LogP contribution in [0.3, 0.4) is 0 Å². The van der Waals surface area contributed by atoms with E-state index in [1.54, 1.807) is 0 Å². The van der Waals surface area contributed by atoms with E-state index in [1.807, 2.05) is 12.1 Å². The zero-order valence-electron chi connectivity index (χ0n) is 31.7. The summed E-state index contributed by atoms with van der Waals surface area (Å²) in [4.78, 5) is 39.3. The molecule has 2 aromatic carbocycles. The van der Waals surface area contributed by atoms with E-state index >= 15 is 0 Å². The maximum absolute atomic E-state index is 12.5. The Kier molecular flexibility index (Phi) is 20.0. The van der Waals surface area contributed by atoms with E-state index in [9.17, 15) is 14.7 Å². The topological polar surface area (TPSA) is 244 Å². The Morgan fingerprint density at radius 3 is 2.19 bits per heavy atom. The van der Waals surface area contributed by atoms with Gasteiger partial charge in [0.25, 0.3) is 5.91 Å². The first-order chi connectivity index (χ1) is 26.0. The second-order valence-corrected chi connectivity index (χ2v) is 14.1. The Hall–Kier alpha value is -4.08. The Bertz CT molecular complexity index is 1640. The number of rotatable bonds is 26. The number of primary amides is 1. The lowest BCUT2D eigenvalue weighted by Gasteiger charge is -2.23. The summed E-state index contributed by atoms with van der Waals surface area (Å²) in [5.41, 5.74) is 25.3. The number of amides is 2. The first kappa shape index (κ1) is 44.3. The minimum absolute atomic E-state index is 0.0593. The number of aliphatic hydroxyl groups excluding tert-OH is 2. The van der Waals surface area contributed by atoms with Gasteiger partial charge in [0.05, 0.1) is 18.8 Å². The van der Waals surface area contributed by atoms with E-state index in [2.05, 4.69) is 61.7 Å². The van der Waals surface area contributed by atoms with Crippen molar-refractivity contribution in [2.24, 2.45) is 16.5 Å². The molecule has 0 saturated heterocycles. The van der Waals surface area contributed by atoms with E-state index in [-0.39, 0.29) is 41.0 Å². The lowest BCUT2D eigenvalue weighted by molar-refractivity contribution is -0.120. The number of aliphatic imine (C=N–C) groups is 1. The summed E-state index contributed by atoms with van der Waals surface area (Å²) in [6.45, 7) is 6.08. The summed E-state index contributed by atoms with van der Waals surface area (Å²) in [7, 11) is 0. The number of carbonyl (C=O) groups is 2. The number of benzene rings is 2. The minimum Gasteiger partial charge on any atom is -0.394 e. The molecule has 0 saturated carbocycles. The van der Waals surface area contributed by atoms with Crippen LogP contribution in [0.2, 0.25) is 5.15 Å². The van der Waals surface area contributed by atoms with E-state index < -0.39 is 18.1 Å². The van der Waals surface area contributed by atoms with Gasteiger partial charge in [-0.1, -0.05) is 74.2 Å². The molecule has 2 atom stereocenters. The quantitative estimate of drug-likeness (QED) is 0.0333. The van der Waals surface area contributed by atoms with Gasteiger partial charge < -0.3 is 43.4 Å². The highest BCUT2D eigenvalue weighted by Gasteiger charge is 2.18. The fourth-order valence-electron chi connectivity index (χ4n) is 6.44. The molecule has 54 heavy (non-hydrogen) atoms. The van der Waals surface area contributed by atoms with Crippen LogP contribution in [0.5, 0.6) is 0 Å². The van der Waals surface area contributed by atoms with Crippen LogP contribution in [-0.4, -0.2) is 94.3 Å². The smallest absolute Gasteiger partial charge is 0.280 e. The van der Waals surface area contributed by atoms with Gasteiger partial charge in [0.1, 0.15) is 0 Å². The number of guanidine groups is 1. The average molecular weight is 769 g/mol. The summed E-state index contributed by atoms with van der Waals surface area (Å²) in [5, 5.41) is 26.8. The molecule has 12 N–H and O–H groups in total. The monoisotopic (exact) mass is 768 g/mol. The molecule has 14 nitrogen and oxygen atoms in total. The van der Waals surface area contributed by atoms with Crippen LogP contribution in [0.25, 0.3) is 10.8 Å². The van der Waals surface area contributed by atoms with Crippen molar-refractivity contribution < 1.29 is 19.8 Å². The lowest BCUT2D eigenvalue weighted by Crippen LogP contribution is -2.42. The maximum Gasteiger partial charge on any atom is 0.280 e. The Morgan fingerprint density at radius 2 is 1.52 bits per heavy atom. The van der Waals surface area contributed by atoms with Crippen LogP contribution in [0, 0.1) is 0 Å². The zero-order chi connectivity index (χ0) is 39.3. The molecule has 1 aromatic heterocycles. The number of aryl methyl sites for hydroxylation is 2. The first-order valence-corrected chi connectivity index (χ1v) is 19.6. The first-order valence-electron chi connectivity index (χ1n) is 19.3. The normalized spacial score (nSPS) is 13.0. The second-order valence-electron chi connectivity index (χ2n) is 13.8. The Labute approximate surface area is 324 Å². The molecule has 3 aromatic rings. The number of nitrogens with two attached hydrogens (primary N) is 4. The second kappa shape index (κ2) is 24.4. The number of aliphatic hydroxyl groups is 2. The number of unbranched alkanes of at least 4 members (excludes halogenated alkanes) is 5. The van der Waals surface area contributed by atoms with E-state index in [0.717, 1.165) is 64.6 Å². The van der Waals surface area contributed by atoms with Gasteiger partial charge in [-0.2, -0.15) is 0 Å². The van der Waals surface area contributed by atoms with Crippen LogP contribution in [0.1, 0.15) is 99.2 Å². The van der Waals surface area contributed by atoms with Crippen molar-refractivity contribution in [2.75, 3.05) is 50.8 Å². The van der Waals surface area contributed by atoms with Crippen LogP contribution >= 0.6 is 11.6 Å². The summed E-state index contributed by atoms with van der Waals surface area (Å²) >= 11 is 5.86. The number of halogens is 1. The van der Waals surface area contributed by atoms with Gasteiger partial charge in [-0.05, 0) is 112 Å². The van der Waals surface area contributed by atoms with Gasteiger partial charge in [0.2, 0.25) is 5.91 Å². The number of hydrogen-bond donors (Lipinski definition) is 8. The van der Waals surface area contributed by atoms with Gasteiger partial charge >= 0.3 is 0 Å². The molecule has 1 heterocycles. The van der Waals surface area contributed by atoms with Gasteiger partial charge in [0.15, 0.2) is 28.4 Å². The van der Waals surface area contributed by atoms with Crippen LogP contribution < -0.4 is 33.6 Å². The number of nitrogen functional groups attached to an aromatic ring is 2. The zero-order valence-corrected chi connectivity index (χ0v) is 32.5. The third kappa shape index (κ3) is 15.3. The highest BCUT2D eigenvalue weighted by Crippen LogP contribution is 2.26. The Balaban J connectivity index is 1.48. The summed E-state index contributed by atoms with van der Waals surface area (Å²) in [6, 6.07) is 12.2. The van der Waals surface area contributed by atoms with Crippen molar-refractivity contribution in [3.05, 3.63) is 58.4 Å². The largest absolute Gasteiger partial charge is 0.394 e. The molecule has 0 aliphatic carbocycles. The SMILES string of the molecule is CCCCCCN(CCCC[C@H](O)CO)CCCN[C@@H](CCc1ccc(CCCCN=C(N)NC(=O)c2nc(Cl)c(N)nc2N)c2ccccc12)C(N)=O. The molecule has 3 rings (SSSR count). The summed E-state index contributed by atoms with van der Waals surface area (Å²) < 4.78 is 0. The third-order valence-electron chi connectivity index (χ3n) is 9.49. The maximum atomic E-state index is 12.5. The molecule has 0 aliphatic rings. The average Bonchev–Trinajstić information content (AvgIpc) is 3.15. The number of nitrogens with one attached hydrogen (secondary N) is 2. The minimum atomic E-state index is -0.677. The number of hydrogen-bond acceptors (Lipinski definition) is 11. The molecular formula is C39H61ClN10O4. The van der Waals surface area contributed by atoms with Crippen molar-refractivity contribution in [3.8, 4) is 0 Å². The number of carbonyl (C=O) groups excluding carboxylic acids is 2. The molecule has 2 amide bonds. The van der Waals surface area contributed by atoms with Crippen LogP contribution in [-0.2, 0) is 17.6 Å². The number of anilines is 2. The highest BCUT2D eigenvalue weighted by molar-refractivity contribution is 6.31. The van der Waals surface area contributed by atoms with Crippen molar-refractivity contribution >= 4 is 51.8 Å². The predicted octanol–water partition coefficient (Wildman–Crippen LogP) is 3.69. The third-order valence-corrected chi connectivity index (χ3v) is 9.77. The van der Waals surface area contributed by atoms with E-state index in [0.29, 0.717) is 32.4 Å². The molecule has 298 valence electrons. The molecule has 0 aliphatic heterocycles. The molecule has 15 heteroatoms. The van der Waals surface area contributed by atoms with Gasteiger partial charge in [-0.3, -0.25) is 19.9 Å². The molecular weight excluding hydrogens is 708 g/mol. The van der Waals surface area contributed by atoms with E-state index in [4.69, 9.17) is 39.6 Å². The van der Waals surface area contributed by atoms with Gasteiger partial charge in [-0.25, -0.2) is 9.97 Å². The van der Waals surface area contributed by atoms with Gasteiger partial charge in [-0.15, -0.1) is 0 Å². The molecule has 0 bridgehead atoms. The molecule has 0 unspecified atom stereocenters. The number of aromatic nitrogens is 2. The lowest BCUT2D eigenvalue weighted by atomic mass is 9.93. The fraction of sp³-hybridized carbons (Fsp3) is 0.564. The van der Waals surface area contributed by atoms with Crippen molar-refractivity contribution in [1.82, 2.24) is 25.5 Å². The molecule has 0 spiro atoms. The number of fused-ring (bicyclic) bond motifs is 1.